The Hall–Kier alpha value is -2.08. The fraction of sp³-hybridized carbons (Fsp3) is 0.294. The van der Waals surface area contributed by atoms with Crippen molar-refractivity contribution < 1.29 is 4.79 Å². The van der Waals surface area contributed by atoms with Gasteiger partial charge in [0.05, 0.1) is 6.54 Å². The van der Waals surface area contributed by atoms with Crippen molar-refractivity contribution in [2.45, 2.75) is 0 Å². The normalized spacial score (nSPS) is 14.7. The smallest absolute Gasteiger partial charge is 0.241 e. The van der Waals surface area contributed by atoms with E-state index in [4.69, 9.17) is 0 Å². The Morgan fingerprint density at radius 1 is 1.09 bits per heavy atom. The number of amides is 1. The number of nitrogens with zero attached hydrogens (tertiary/aromatic N) is 3. The zero-order valence-electron chi connectivity index (χ0n) is 12.8. The maximum Gasteiger partial charge on any atom is 0.241 e. The summed E-state index contributed by atoms with van der Waals surface area (Å²) < 4.78 is 1.03. The molecule has 0 atom stereocenters. The van der Waals surface area contributed by atoms with E-state index in [0.717, 1.165) is 42.2 Å². The van der Waals surface area contributed by atoms with E-state index in [1.807, 2.05) is 47.4 Å². The van der Waals surface area contributed by atoms with Gasteiger partial charge in [-0.3, -0.25) is 4.79 Å². The summed E-state index contributed by atoms with van der Waals surface area (Å²) in [7, 11) is 0. The molecule has 1 aromatic carbocycles. The molecule has 0 saturated carbocycles. The summed E-state index contributed by atoms with van der Waals surface area (Å²) >= 11 is 3.40. The maximum atomic E-state index is 12.3. The van der Waals surface area contributed by atoms with Crippen molar-refractivity contribution >= 4 is 33.3 Å². The molecule has 1 aliphatic heterocycles. The molecule has 0 unspecified atom stereocenters. The van der Waals surface area contributed by atoms with Crippen LogP contribution in [0.25, 0.3) is 0 Å². The number of nitrogens with one attached hydrogen (secondary N) is 1. The molecule has 1 fully saturated rings. The number of rotatable bonds is 4. The highest BCUT2D eigenvalue weighted by molar-refractivity contribution is 9.10. The van der Waals surface area contributed by atoms with Gasteiger partial charge in [-0.05, 0) is 36.4 Å². The predicted octanol–water partition coefficient (Wildman–Crippen LogP) is 2.60. The Morgan fingerprint density at radius 2 is 1.83 bits per heavy atom. The minimum Gasteiger partial charge on any atom is -0.376 e. The molecule has 2 aromatic rings. The van der Waals surface area contributed by atoms with Crippen molar-refractivity contribution in [1.29, 1.82) is 0 Å². The van der Waals surface area contributed by atoms with Crippen LogP contribution in [0.2, 0.25) is 0 Å². The SMILES string of the molecule is O=C(CNc1ccc(Br)cc1)N1CCN(c2ccccn2)CC1. The first-order valence-corrected chi connectivity index (χ1v) is 8.45. The van der Waals surface area contributed by atoms with Crippen LogP contribution in [0.5, 0.6) is 0 Å². The summed E-state index contributed by atoms with van der Waals surface area (Å²) in [6.07, 6.45) is 1.80. The summed E-state index contributed by atoms with van der Waals surface area (Å²) in [6, 6.07) is 13.7. The number of benzene rings is 1. The molecule has 23 heavy (non-hydrogen) atoms. The molecule has 6 heteroatoms. The van der Waals surface area contributed by atoms with Crippen molar-refractivity contribution in [3.63, 3.8) is 0 Å². The van der Waals surface area contributed by atoms with Crippen LogP contribution in [0, 0.1) is 0 Å². The number of piperazine rings is 1. The minimum absolute atomic E-state index is 0.133. The van der Waals surface area contributed by atoms with Crippen molar-refractivity contribution in [3.8, 4) is 0 Å². The largest absolute Gasteiger partial charge is 0.376 e. The van der Waals surface area contributed by atoms with Crippen molar-refractivity contribution in [2.75, 3.05) is 42.9 Å². The van der Waals surface area contributed by atoms with E-state index in [0.29, 0.717) is 6.54 Å². The average molecular weight is 375 g/mol. The van der Waals surface area contributed by atoms with Crippen LogP contribution in [0.4, 0.5) is 11.5 Å². The second-order valence-electron chi connectivity index (χ2n) is 5.42. The van der Waals surface area contributed by atoms with Crippen LogP contribution in [-0.4, -0.2) is 48.5 Å². The van der Waals surface area contributed by atoms with Crippen LogP contribution in [0.3, 0.4) is 0 Å². The Kier molecular flexibility index (Phi) is 5.12. The highest BCUT2D eigenvalue weighted by Gasteiger charge is 2.21. The lowest BCUT2D eigenvalue weighted by Gasteiger charge is -2.35. The molecule has 1 saturated heterocycles. The van der Waals surface area contributed by atoms with E-state index in [1.54, 1.807) is 6.20 Å². The van der Waals surface area contributed by atoms with E-state index in [-0.39, 0.29) is 5.91 Å². The lowest BCUT2D eigenvalue weighted by atomic mass is 10.3. The third kappa shape index (κ3) is 4.22. The van der Waals surface area contributed by atoms with Gasteiger partial charge < -0.3 is 15.1 Å². The second kappa shape index (κ2) is 7.46. The Labute approximate surface area is 144 Å². The fourth-order valence-electron chi connectivity index (χ4n) is 2.58. The number of hydrogen-bond acceptors (Lipinski definition) is 4. The summed E-state index contributed by atoms with van der Waals surface area (Å²) in [5.74, 6) is 1.11. The number of carbonyl (C=O) groups excluding carboxylic acids is 1. The monoisotopic (exact) mass is 374 g/mol. The van der Waals surface area contributed by atoms with Gasteiger partial charge in [0.15, 0.2) is 0 Å². The summed E-state index contributed by atoms with van der Waals surface area (Å²) in [5.41, 5.74) is 0.952. The lowest BCUT2D eigenvalue weighted by molar-refractivity contribution is -0.129. The molecule has 1 aliphatic rings. The Bertz CT molecular complexity index is 639. The molecule has 0 radical (unpaired) electrons. The molecular weight excluding hydrogens is 356 g/mol. The van der Waals surface area contributed by atoms with E-state index >= 15 is 0 Å². The highest BCUT2D eigenvalue weighted by atomic mass is 79.9. The molecule has 0 aliphatic carbocycles. The molecule has 1 aromatic heterocycles. The van der Waals surface area contributed by atoms with Gasteiger partial charge in [0, 0.05) is 42.5 Å². The van der Waals surface area contributed by atoms with Gasteiger partial charge in [-0.2, -0.15) is 0 Å². The van der Waals surface area contributed by atoms with Crippen molar-refractivity contribution in [2.24, 2.45) is 0 Å². The standard InChI is InChI=1S/C17H19BrN4O/c18-14-4-6-15(7-5-14)20-13-17(23)22-11-9-21(10-12-22)16-3-1-2-8-19-16/h1-8,20H,9-13H2. The van der Waals surface area contributed by atoms with Crippen molar-refractivity contribution in [1.82, 2.24) is 9.88 Å². The first-order chi connectivity index (χ1) is 11.2. The average Bonchev–Trinajstić information content (AvgIpc) is 2.62. The van der Waals surface area contributed by atoms with Gasteiger partial charge in [0.2, 0.25) is 5.91 Å². The molecule has 2 heterocycles. The number of anilines is 2. The quantitative estimate of drug-likeness (QED) is 0.893. The molecular formula is C17H19BrN4O. The molecule has 3 rings (SSSR count). The van der Waals surface area contributed by atoms with Gasteiger partial charge in [-0.15, -0.1) is 0 Å². The van der Waals surface area contributed by atoms with Crippen LogP contribution in [-0.2, 0) is 4.79 Å². The third-order valence-corrected chi connectivity index (χ3v) is 4.42. The zero-order valence-corrected chi connectivity index (χ0v) is 14.4. The van der Waals surface area contributed by atoms with Gasteiger partial charge in [-0.25, -0.2) is 4.98 Å². The maximum absolute atomic E-state index is 12.3. The van der Waals surface area contributed by atoms with E-state index in [2.05, 4.69) is 31.1 Å². The summed E-state index contributed by atoms with van der Waals surface area (Å²) in [4.78, 5) is 20.8. The number of pyridine rings is 1. The fourth-order valence-corrected chi connectivity index (χ4v) is 2.85. The van der Waals surface area contributed by atoms with Gasteiger partial charge in [-0.1, -0.05) is 22.0 Å². The van der Waals surface area contributed by atoms with Crippen LogP contribution >= 0.6 is 15.9 Å². The molecule has 1 N–H and O–H groups in total. The summed E-state index contributed by atoms with van der Waals surface area (Å²) in [5, 5.41) is 3.17. The summed E-state index contributed by atoms with van der Waals surface area (Å²) in [6.45, 7) is 3.43. The van der Waals surface area contributed by atoms with Crippen LogP contribution < -0.4 is 10.2 Å². The van der Waals surface area contributed by atoms with E-state index in [9.17, 15) is 4.79 Å². The molecule has 5 nitrogen and oxygen atoms in total. The van der Waals surface area contributed by atoms with Gasteiger partial charge in [0.25, 0.3) is 0 Å². The number of hydrogen-bond donors (Lipinski definition) is 1. The van der Waals surface area contributed by atoms with E-state index < -0.39 is 0 Å². The number of aromatic nitrogens is 1. The minimum atomic E-state index is 0.133. The number of halogens is 1. The van der Waals surface area contributed by atoms with Crippen molar-refractivity contribution in [3.05, 3.63) is 53.1 Å². The first kappa shape index (κ1) is 15.8. The van der Waals surface area contributed by atoms with Crippen LogP contribution in [0.15, 0.2) is 53.1 Å². The zero-order chi connectivity index (χ0) is 16.1. The Balaban J connectivity index is 1.47. The second-order valence-corrected chi connectivity index (χ2v) is 6.33. The predicted molar refractivity (Wildman–Crippen MR) is 95.7 cm³/mol. The van der Waals surface area contributed by atoms with Crippen LogP contribution in [0.1, 0.15) is 0 Å². The molecule has 0 bridgehead atoms. The number of carbonyl (C=O) groups is 1. The molecule has 120 valence electrons. The molecule has 1 amide bonds. The van der Waals surface area contributed by atoms with E-state index in [1.165, 1.54) is 0 Å². The van der Waals surface area contributed by atoms with Gasteiger partial charge >= 0.3 is 0 Å². The topological polar surface area (TPSA) is 48.5 Å². The lowest BCUT2D eigenvalue weighted by Crippen LogP contribution is -2.50. The third-order valence-electron chi connectivity index (χ3n) is 3.89. The highest BCUT2D eigenvalue weighted by Crippen LogP contribution is 2.15. The van der Waals surface area contributed by atoms with Gasteiger partial charge in [0.1, 0.15) is 5.82 Å². The first-order valence-electron chi connectivity index (χ1n) is 7.65. The Morgan fingerprint density at radius 3 is 2.48 bits per heavy atom. The molecule has 0 spiro atoms.